The van der Waals surface area contributed by atoms with Gasteiger partial charge in [0, 0.05) is 28.4 Å². The van der Waals surface area contributed by atoms with Crippen LogP contribution in [0.2, 0.25) is 0 Å². The molecule has 1 aromatic heterocycles. The van der Waals surface area contributed by atoms with Crippen molar-refractivity contribution in [3.05, 3.63) is 57.0 Å². The fourth-order valence-corrected chi connectivity index (χ4v) is 2.52. The van der Waals surface area contributed by atoms with E-state index in [0.29, 0.717) is 17.7 Å². The van der Waals surface area contributed by atoms with Crippen LogP contribution >= 0.6 is 11.3 Å². The van der Waals surface area contributed by atoms with Crippen LogP contribution in [0.15, 0.2) is 30.3 Å². The van der Waals surface area contributed by atoms with E-state index in [1.54, 1.807) is 23.5 Å². The molecule has 0 spiro atoms. The average Bonchev–Trinajstić information content (AvgIpc) is 2.77. The summed E-state index contributed by atoms with van der Waals surface area (Å²) >= 11 is 1.73. The highest BCUT2D eigenvalue weighted by molar-refractivity contribution is 7.11. The van der Waals surface area contributed by atoms with Crippen LogP contribution in [-0.4, -0.2) is 0 Å². The minimum atomic E-state index is -0.330. The van der Waals surface area contributed by atoms with E-state index in [1.807, 2.05) is 6.07 Å². The van der Waals surface area contributed by atoms with Gasteiger partial charge in [0.25, 0.3) is 0 Å². The van der Waals surface area contributed by atoms with Crippen LogP contribution in [0.5, 0.6) is 0 Å². The van der Waals surface area contributed by atoms with Crippen molar-refractivity contribution in [3.8, 4) is 6.07 Å². The Balaban J connectivity index is 1.92. The van der Waals surface area contributed by atoms with E-state index in [2.05, 4.69) is 24.4 Å². The second kappa shape index (κ2) is 5.76. The maximum absolute atomic E-state index is 13.6. The Morgan fingerprint density at radius 3 is 2.72 bits per heavy atom. The number of rotatable bonds is 4. The average molecular weight is 260 g/mol. The molecule has 0 radical (unpaired) electrons. The van der Waals surface area contributed by atoms with Gasteiger partial charge in [-0.25, -0.2) is 4.39 Å². The van der Waals surface area contributed by atoms with Crippen molar-refractivity contribution >= 4 is 11.3 Å². The predicted molar refractivity (Wildman–Crippen MR) is 70.7 cm³/mol. The standard InChI is InChI=1S/C14H13FN2S/c1-10-2-5-13(18-10)9-17-8-12-4-3-11(7-16)6-14(12)15/h2-6,17H,8-9H2,1H3. The number of thiophene rings is 1. The van der Waals surface area contributed by atoms with E-state index in [9.17, 15) is 4.39 Å². The Morgan fingerprint density at radius 2 is 2.11 bits per heavy atom. The molecule has 1 heterocycles. The number of benzene rings is 1. The number of halogens is 1. The first-order valence-corrected chi connectivity index (χ1v) is 6.45. The minimum absolute atomic E-state index is 0.330. The zero-order valence-corrected chi connectivity index (χ0v) is 10.9. The molecule has 18 heavy (non-hydrogen) atoms. The Hall–Kier alpha value is -1.70. The highest BCUT2D eigenvalue weighted by atomic mass is 32.1. The zero-order valence-electron chi connectivity index (χ0n) is 10.0. The molecule has 0 fully saturated rings. The summed E-state index contributed by atoms with van der Waals surface area (Å²) in [6.45, 7) is 3.26. The zero-order chi connectivity index (χ0) is 13.0. The fourth-order valence-electron chi connectivity index (χ4n) is 1.66. The number of hydrogen-bond acceptors (Lipinski definition) is 3. The lowest BCUT2D eigenvalue weighted by atomic mass is 10.1. The smallest absolute Gasteiger partial charge is 0.129 e. The number of hydrogen-bond donors (Lipinski definition) is 1. The van der Waals surface area contributed by atoms with E-state index < -0.39 is 0 Å². The van der Waals surface area contributed by atoms with E-state index in [0.717, 1.165) is 6.54 Å². The number of nitriles is 1. The van der Waals surface area contributed by atoms with Crippen molar-refractivity contribution in [2.45, 2.75) is 20.0 Å². The van der Waals surface area contributed by atoms with Crippen LogP contribution in [0, 0.1) is 24.1 Å². The van der Waals surface area contributed by atoms with Crippen molar-refractivity contribution in [2.24, 2.45) is 0 Å². The third-order valence-electron chi connectivity index (χ3n) is 2.59. The van der Waals surface area contributed by atoms with Gasteiger partial charge in [-0.1, -0.05) is 6.07 Å². The van der Waals surface area contributed by atoms with Crippen LogP contribution in [0.4, 0.5) is 4.39 Å². The summed E-state index contributed by atoms with van der Waals surface area (Å²) in [7, 11) is 0. The second-order valence-electron chi connectivity index (χ2n) is 4.03. The first kappa shape index (κ1) is 12.7. The molecule has 0 unspecified atom stereocenters. The molecule has 0 saturated heterocycles. The highest BCUT2D eigenvalue weighted by Crippen LogP contribution is 2.15. The molecule has 4 heteroatoms. The first-order valence-electron chi connectivity index (χ1n) is 5.63. The van der Waals surface area contributed by atoms with Crippen molar-refractivity contribution in [2.75, 3.05) is 0 Å². The lowest BCUT2D eigenvalue weighted by molar-refractivity contribution is 0.588. The Bertz CT molecular complexity index is 584. The second-order valence-corrected chi connectivity index (χ2v) is 5.41. The summed E-state index contributed by atoms with van der Waals surface area (Å²) < 4.78 is 13.6. The highest BCUT2D eigenvalue weighted by Gasteiger charge is 2.03. The molecule has 2 nitrogen and oxygen atoms in total. The summed E-state index contributed by atoms with van der Waals surface area (Å²) in [5.41, 5.74) is 0.937. The van der Waals surface area contributed by atoms with Crippen molar-refractivity contribution in [3.63, 3.8) is 0 Å². The normalized spacial score (nSPS) is 10.3. The molecule has 0 aliphatic rings. The summed E-state index contributed by atoms with van der Waals surface area (Å²) in [5.74, 6) is -0.330. The van der Waals surface area contributed by atoms with Gasteiger partial charge in [-0.15, -0.1) is 11.3 Å². The third kappa shape index (κ3) is 3.16. The maximum atomic E-state index is 13.6. The number of nitrogens with zero attached hydrogens (tertiary/aromatic N) is 1. The summed E-state index contributed by atoms with van der Waals surface area (Å²) in [6.07, 6.45) is 0. The lowest BCUT2D eigenvalue weighted by Crippen LogP contribution is -2.12. The topological polar surface area (TPSA) is 35.8 Å². The molecular weight excluding hydrogens is 247 g/mol. The minimum Gasteiger partial charge on any atom is -0.308 e. The molecular formula is C14H13FN2S. The maximum Gasteiger partial charge on any atom is 0.129 e. The molecule has 2 aromatic rings. The fraction of sp³-hybridized carbons (Fsp3) is 0.214. The largest absolute Gasteiger partial charge is 0.308 e. The SMILES string of the molecule is Cc1ccc(CNCc2ccc(C#N)cc2F)s1. The van der Waals surface area contributed by atoms with Crippen LogP contribution in [0.3, 0.4) is 0 Å². The van der Waals surface area contributed by atoms with Gasteiger partial charge in [-0.3, -0.25) is 0 Å². The van der Waals surface area contributed by atoms with Crippen LogP contribution in [-0.2, 0) is 13.1 Å². The molecule has 2 rings (SSSR count). The summed E-state index contributed by atoms with van der Waals surface area (Å²) in [6, 6.07) is 10.6. The van der Waals surface area contributed by atoms with Gasteiger partial charge in [-0.2, -0.15) is 5.26 Å². The molecule has 92 valence electrons. The van der Waals surface area contributed by atoms with E-state index in [1.165, 1.54) is 15.8 Å². The molecule has 1 N–H and O–H groups in total. The summed E-state index contributed by atoms with van der Waals surface area (Å²) in [4.78, 5) is 2.51. The van der Waals surface area contributed by atoms with Gasteiger partial charge in [0.2, 0.25) is 0 Å². The van der Waals surface area contributed by atoms with E-state index in [-0.39, 0.29) is 5.82 Å². The van der Waals surface area contributed by atoms with Crippen molar-refractivity contribution < 1.29 is 4.39 Å². The Kier molecular flexibility index (Phi) is 4.08. The third-order valence-corrected chi connectivity index (χ3v) is 3.59. The molecule has 1 aromatic carbocycles. The van der Waals surface area contributed by atoms with Crippen LogP contribution in [0.1, 0.15) is 20.9 Å². The van der Waals surface area contributed by atoms with Gasteiger partial charge in [0.05, 0.1) is 11.6 Å². The van der Waals surface area contributed by atoms with Crippen LogP contribution < -0.4 is 5.32 Å². The monoisotopic (exact) mass is 260 g/mol. The molecule has 0 aliphatic heterocycles. The van der Waals surface area contributed by atoms with Crippen molar-refractivity contribution in [1.82, 2.24) is 5.32 Å². The molecule has 0 atom stereocenters. The van der Waals surface area contributed by atoms with Gasteiger partial charge >= 0.3 is 0 Å². The quantitative estimate of drug-likeness (QED) is 0.915. The van der Waals surface area contributed by atoms with Gasteiger partial charge in [-0.05, 0) is 31.2 Å². The Morgan fingerprint density at radius 1 is 1.28 bits per heavy atom. The van der Waals surface area contributed by atoms with Crippen LogP contribution in [0.25, 0.3) is 0 Å². The van der Waals surface area contributed by atoms with Gasteiger partial charge in [0.15, 0.2) is 0 Å². The predicted octanol–water partition coefficient (Wildman–Crippen LogP) is 3.36. The van der Waals surface area contributed by atoms with E-state index in [4.69, 9.17) is 5.26 Å². The number of nitrogens with one attached hydrogen (secondary N) is 1. The van der Waals surface area contributed by atoms with Gasteiger partial charge in [0.1, 0.15) is 5.82 Å². The first-order chi connectivity index (χ1) is 8.69. The van der Waals surface area contributed by atoms with Gasteiger partial charge < -0.3 is 5.32 Å². The summed E-state index contributed by atoms with van der Waals surface area (Å²) in [5, 5.41) is 11.8. The Labute approximate surface area is 110 Å². The van der Waals surface area contributed by atoms with Crippen molar-refractivity contribution in [1.29, 1.82) is 5.26 Å². The number of aryl methyl sites for hydroxylation is 1. The molecule has 0 bridgehead atoms. The molecule has 0 aliphatic carbocycles. The lowest BCUT2D eigenvalue weighted by Gasteiger charge is -2.05. The van der Waals surface area contributed by atoms with E-state index >= 15 is 0 Å². The molecule has 0 amide bonds. The molecule has 0 saturated carbocycles.